The van der Waals surface area contributed by atoms with E-state index in [0.717, 1.165) is 16.3 Å². The molecule has 0 saturated carbocycles. The maximum Gasteiger partial charge on any atom is 0.110 e. The Morgan fingerprint density at radius 2 is 1.25 bits per heavy atom. The summed E-state index contributed by atoms with van der Waals surface area (Å²) in [6.07, 6.45) is -1.87. The van der Waals surface area contributed by atoms with Crippen LogP contribution in [0.25, 0.3) is 10.8 Å². The molecule has 2 heteroatoms. The van der Waals surface area contributed by atoms with Gasteiger partial charge in [-0.2, -0.15) is 0 Å². The monoisotopic (exact) mass is 264 g/mol. The Balaban J connectivity index is 2.03. The van der Waals surface area contributed by atoms with Crippen molar-refractivity contribution < 1.29 is 10.2 Å². The molecule has 3 aromatic rings. The fourth-order valence-corrected chi connectivity index (χ4v) is 2.51. The van der Waals surface area contributed by atoms with Gasteiger partial charge in [0.05, 0.1) is 0 Å². The van der Waals surface area contributed by atoms with Gasteiger partial charge in [0.1, 0.15) is 12.2 Å². The number of hydrogen-bond donors (Lipinski definition) is 2. The summed E-state index contributed by atoms with van der Waals surface area (Å²) >= 11 is 0. The summed E-state index contributed by atoms with van der Waals surface area (Å²) in [4.78, 5) is 0. The Morgan fingerprint density at radius 3 is 2.05 bits per heavy atom. The summed E-state index contributed by atoms with van der Waals surface area (Å²) in [6, 6.07) is 22.9. The van der Waals surface area contributed by atoms with E-state index < -0.39 is 12.2 Å². The van der Waals surface area contributed by atoms with Crippen LogP contribution in [-0.2, 0) is 0 Å². The largest absolute Gasteiger partial charge is 0.385 e. The molecule has 100 valence electrons. The van der Waals surface area contributed by atoms with E-state index >= 15 is 0 Å². The molecule has 2 atom stereocenters. The summed E-state index contributed by atoms with van der Waals surface area (Å²) in [6.45, 7) is 0. The minimum atomic E-state index is -0.941. The van der Waals surface area contributed by atoms with Crippen LogP contribution in [0.5, 0.6) is 0 Å². The smallest absolute Gasteiger partial charge is 0.110 e. The molecule has 0 radical (unpaired) electrons. The van der Waals surface area contributed by atoms with E-state index in [2.05, 4.69) is 0 Å². The summed E-state index contributed by atoms with van der Waals surface area (Å²) in [5.74, 6) is 0. The van der Waals surface area contributed by atoms with Gasteiger partial charge in [-0.25, -0.2) is 0 Å². The zero-order valence-electron chi connectivity index (χ0n) is 11.0. The second-order valence-corrected chi connectivity index (χ2v) is 4.87. The van der Waals surface area contributed by atoms with Gasteiger partial charge in [-0.05, 0) is 21.9 Å². The third kappa shape index (κ3) is 2.31. The molecule has 0 heterocycles. The van der Waals surface area contributed by atoms with E-state index in [1.54, 1.807) is 0 Å². The van der Waals surface area contributed by atoms with Crippen LogP contribution < -0.4 is 0 Å². The van der Waals surface area contributed by atoms with Crippen LogP contribution in [0.3, 0.4) is 0 Å². The molecule has 2 nitrogen and oxygen atoms in total. The highest BCUT2D eigenvalue weighted by Crippen LogP contribution is 2.32. The third-order valence-electron chi connectivity index (χ3n) is 3.58. The third-order valence-corrected chi connectivity index (χ3v) is 3.58. The van der Waals surface area contributed by atoms with Gasteiger partial charge in [-0.1, -0.05) is 72.8 Å². The van der Waals surface area contributed by atoms with Crippen molar-refractivity contribution in [3.63, 3.8) is 0 Å². The van der Waals surface area contributed by atoms with Gasteiger partial charge in [0.2, 0.25) is 0 Å². The van der Waals surface area contributed by atoms with E-state index in [1.807, 2.05) is 72.8 Å². The summed E-state index contributed by atoms with van der Waals surface area (Å²) < 4.78 is 0. The Morgan fingerprint density at radius 1 is 0.600 bits per heavy atom. The highest BCUT2D eigenvalue weighted by molar-refractivity contribution is 5.86. The number of fused-ring (bicyclic) bond motifs is 1. The van der Waals surface area contributed by atoms with Crippen LogP contribution in [0, 0.1) is 0 Å². The molecule has 20 heavy (non-hydrogen) atoms. The fraction of sp³-hybridized carbons (Fsp3) is 0.111. The first-order chi connectivity index (χ1) is 9.77. The molecule has 2 unspecified atom stereocenters. The number of aliphatic hydroxyl groups excluding tert-OH is 2. The second-order valence-electron chi connectivity index (χ2n) is 4.87. The van der Waals surface area contributed by atoms with E-state index in [1.165, 1.54) is 0 Å². The van der Waals surface area contributed by atoms with Crippen molar-refractivity contribution in [2.24, 2.45) is 0 Å². The predicted octanol–water partition coefficient (Wildman–Crippen LogP) is 3.61. The SMILES string of the molecule is OC(c1ccccc1)C(O)c1cccc2ccccc12. The van der Waals surface area contributed by atoms with E-state index in [4.69, 9.17) is 0 Å². The molecule has 0 aliphatic heterocycles. The standard InChI is InChI=1S/C18H16O2/c19-17(14-8-2-1-3-9-14)18(20)16-12-6-10-13-7-4-5-11-15(13)16/h1-12,17-20H. The van der Waals surface area contributed by atoms with Crippen molar-refractivity contribution >= 4 is 10.8 Å². The minimum Gasteiger partial charge on any atom is -0.385 e. The molecule has 0 spiro atoms. The molecule has 0 amide bonds. The average molecular weight is 264 g/mol. The van der Waals surface area contributed by atoms with E-state index in [9.17, 15) is 10.2 Å². The van der Waals surface area contributed by atoms with Crippen LogP contribution >= 0.6 is 0 Å². The van der Waals surface area contributed by atoms with Crippen LogP contribution in [0.2, 0.25) is 0 Å². The quantitative estimate of drug-likeness (QED) is 0.758. The lowest BCUT2D eigenvalue weighted by atomic mass is 9.94. The second kappa shape index (κ2) is 5.45. The van der Waals surface area contributed by atoms with Gasteiger partial charge in [-0.15, -0.1) is 0 Å². The van der Waals surface area contributed by atoms with Gasteiger partial charge < -0.3 is 10.2 Å². The Kier molecular flexibility index (Phi) is 3.50. The molecule has 3 rings (SSSR count). The van der Waals surface area contributed by atoms with Gasteiger partial charge in [0, 0.05) is 0 Å². The highest BCUT2D eigenvalue weighted by Gasteiger charge is 2.21. The van der Waals surface area contributed by atoms with Crippen molar-refractivity contribution in [2.75, 3.05) is 0 Å². The first kappa shape index (κ1) is 12.9. The molecule has 0 saturated heterocycles. The lowest BCUT2D eigenvalue weighted by molar-refractivity contribution is 0.0181. The first-order valence-electron chi connectivity index (χ1n) is 6.66. The lowest BCUT2D eigenvalue weighted by Gasteiger charge is -2.20. The van der Waals surface area contributed by atoms with Gasteiger partial charge in [-0.3, -0.25) is 0 Å². The van der Waals surface area contributed by atoms with Crippen molar-refractivity contribution in [1.82, 2.24) is 0 Å². The Bertz CT molecular complexity index is 701. The van der Waals surface area contributed by atoms with Gasteiger partial charge in [0.15, 0.2) is 0 Å². The zero-order valence-corrected chi connectivity index (χ0v) is 11.0. The average Bonchev–Trinajstić information content (AvgIpc) is 2.54. The topological polar surface area (TPSA) is 40.5 Å². The normalized spacial score (nSPS) is 14.1. The summed E-state index contributed by atoms with van der Waals surface area (Å²) in [5, 5.41) is 22.9. The zero-order chi connectivity index (χ0) is 13.9. The van der Waals surface area contributed by atoms with Crippen molar-refractivity contribution in [1.29, 1.82) is 0 Å². The van der Waals surface area contributed by atoms with Crippen molar-refractivity contribution in [3.8, 4) is 0 Å². The maximum absolute atomic E-state index is 10.5. The molecule has 0 aromatic heterocycles. The number of benzene rings is 3. The lowest BCUT2D eigenvalue weighted by Crippen LogP contribution is -2.10. The molecule has 0 fully saturated rings. The summed E-state index contributed by atoms with van der Waals surface area (Å²) in [5.41, 5.74) is 1.47. The van der Waals surface area contributed by atoms with Gasteiger partial charge in [0.25, 0.3) is 0 Å². The number of hydrogen-bond acceptors (Lipinski definition) is 2. The van der Waals surface area contributed by atoms with Gasteiger partial charge >= 0.3 is 0 Å². The molecular weight excluding hydrogens is 248 g/mol. The number of rotatable bonds is 3. The van der Waals surface area contributed by atoms with E-state index in [0.29, 0.717) is 5.56 Å². The molecule has 0 aliphatic rings. The Labute approximate surface area is 117 Å². The number of aliphatic hydroxyl groups is 2. The minimum absolute atomic E-state index is 0.716. The fourth-order valence-electron chi connectivity index (χ4n) is 2.51. The summed E-state index contributed by atoms with van der Waals surface area (Å²) in [7, 11) is 0. The molecule has 0 aliphatic carbocycles. The molecule has 0 bridgehead atoms. The first-order valence-corrected chi connectivity index (χ1v) is 6.66. The molecule has 2 N–H and O–H groups in total. The van der Waals surface area contributed by atoms with Crippen LogP contribution in [-0.4, -0.2) is 10.2 Å². The maximum atomic E-state index is 10.5. The molecular formula is C18H16O2. The highest BCUT2D eigenvalue weighted by atomic mass is 16.3. The van der Waals surface area contributed by atoms with Crippen LogP contribution in [0.4, 0.5) is 0 Å². The van der Waals surface area contributed by atoms with Crippen molar-refractivity contribution in [3.05, 3.63) is 83.9 Å². The van der Waals surface area contributed by atoms with Crippen LogP contribution in [0.15, 0.2) is 72.8 Å². The van der Waals surface area contributed by atoms with Crippen LogP contribution in [0.1, 0.15) is 23.3 Å². The van der Waals surface area contributed by atoms with E-state index in [-0.39, 0.29) is 0 Å². The molecule has 3 aromatic carbocycles. The Hall–Kier alpha value is -2.16. The van der Waals surface area contributed by atoms with Crippen molar-refractivity contribution in [2.45, 2.75) is 12.2 Å². The predicted molar refractivity (Wildman–Crippen MR) is 80.3 cm³/mol.